The van der Waals surface area contributed by atoms with Gasteiger partial charge >= 0.3 is 12.0 Å². The molecule has 1 aliphatic carbocycles. The van der Waals surface area contributed by atoms with Crippen molar-refractivity contribution in [3.63, 3.8) is 0 Å². The van der Waals surface area contributed by atoms with Gasteiger partial charge in [-0.15, -0.1) is 0 Å². The van der Waals surface area contributed by atoms with E-state index < -0.39 is 5.97 Å². The molecule has 0 atom stereocenters. The van der Waals surface area contributed by atoms with Crippen molar-refractivity contribution in [1.82, 2.24) is 9.80 Å². The molecule has 0 spiro atoms. The Morgan fingerprint density at radius 1 is 1.12 bits per heavy atom. The van der Waals surface area contributed by atoms with E-state index in [1.807, 2.05) is 0 Å². The molecule has 1 N–H and O–H groups in total. The van der Waals surface area contributed by atoms with E-state index in [2.05, 4.69) is 0 Å². The summed E-state index contributed by atoms with van der Waals surface area (Å²) in [5, 5.41) is 8.92. The summed E-state index contributed by atoms with van der Waals surface area (Å²) in [5.41, 5.74) is 0. The average molecular weight is 240 g/mol. The minimum absolute atomic E-state index is 0.0724. The first-order valence-electron chi connectivity index (χ1n) is 6.46. The molecule has 5 nitrogen and oxygen atoms in total. The van der Waals surface area contributed by atoms with E-state index in [0.717, 1.165) is 51.6 Å². The molecule has 2 amide bonds. The smallest absolute Gasteiger partial charge is 0.323 e. The molecule has 1 heterocycles. The van der Waals surface area contributed by atoms with Crippen LogP contribution in [0.25, 0.3) is 0 Å². The van der Waals surface area contributed by atoms with Gasteiger partial charge in [0.1, 0.15) is 6.54 Å². The van der Waals surface area contributed by atoms with Gasteiger partial charge in [0.25, 0.3) is 0 Å². The van der Waals surface area contributed by atoms with Crippen molar-refractivity contribution < 1.29 is 14.7 Å². The van der Waals surface area contributed by atoms with E-state index in [1.54, 1.807) is 9.80 Å². The summed E-state index contributed by atoms with van der Waals surface area (Å²) in [6.07, 6.45) is 6.19. The number of likely N-dealkylation sites (tertiary alicyclic amines) is 1. The van der Waals surface area contributed by atoms with Gasteiger partial charge in [-0.1, -0.05) is 12.8 Å². The van der Waals surface area contributed by atoms with Crippen molar-refractivity contribution in [3.8, 4) is 0 Å². The van der Waals surface area contributed by atoms with Crippen molar-refractivity contribution in [2.24, 2.45) is 0 Å². The van der Waals surface area contributed by atoms with Gasteiger partial charge in [-0.2, -0.15) is 0 Å². The van der Waals surface area contributed by atoms with Crippen LogP contribution in [0.4, 0.5) is 4.79 Å². The molecular weight excluding hydrogens is 220 g/mol. The number of carboxylic acids is 1. The zero-order chi connectivity index (χ0) is 12.3. The van der Waals surface area contributed by atoms with Crippen LogP contribution < -0.4 is 0 Å². The zero-order valence-electron chi connectivity index (χ0n) is 10.1. The highest BCUT2D eigenvalue weighted by molar-refractivity contribution is 5.80. The number of hydrogen-bond acceptors (Lipinski definition) is 2. The Morgan fingerprint density at radius 3 is 2.24 bits per heavy atom. The molecule has 2 fully saturated rings. The fourth-order valence-electron chi connectivity index (χ4n) is 2.80. The van der Waals surface area contributed by atoms with Crippen molar-refractivity contribution in [1.29, 1.82) is 0 Å². The quantitative estimate of drug-likeness (QED) is 0.813. The Kier molecular flexibility index (Phi) is 3.86. The Balaban J connectivity index is 2.02. The summed E-state index contributed by atoms with van der Waals surface area (Å²) in [4.78, 5) is 26.5. The first-order valence-corrected chi connectivity index (χ1v) is 6.46. The van der Waals surface area contributed by atoms with Crippen LogP contribution in [0.15, 0.2) is 0 Å². The highest BCUT2D eigenvalue weighted by Crippen LogP contribution is 2.25. The number of carbonyl (C=O) groups excluding carboxylic acids is 1. The number of aliphatic carboxylic acids is 1. The average Bonchev–Trinajstić information content (AvgIpc) is 2.96. The highest BCUT2D eigenvalue weighted by Gasteiger charge is 2.32. The van der Waals surface area contributed by atoms with E-state index in [9.17, 15) is 9.59 Å². The monoisotopic (exact) mass is 240 g/mol. The van der Waals surface area contributed by atoms with E-state index in [1.165, 1.54) is 0 Å². The second-order valence-corrected chi connectivity index (χ2v) is 4.94. The minimum Gasteiger partial charge on any atom is -0.480 e. The third-order valence-electron chi connectivity index (χ3n) is 3.69. The normalized spacial score (nSPS) is 20.8. The molecule has 0 bridgehead atoms. The predicted octanol–water partition coefficient (Wildman–Crippen LogP) is 1.53. The lowest BCUT2D eigenvalue weighted by molar-refractivity contribution is -0.138. The SMILES string of the molecule is O=C(O)CN(C(=O)N1CCCC1)C1CCCC1. The molecule has 0 aromatic carbocycles. The van der Waals surface area contributed by atoms with E-state index in [0.29, 0.717) is 0 Å². The van der Waals surface area contributed by atoms with Crippen LogP contribution in [-0.4, -0.2) is 52.6 Å². The first-order chi connectivity index (χ1) is 8.18. The Morgan fingerprint density at radius 2 is 1.71 bits per heavy atom. The van der Waals surface area contributed by atoms with Gasteiger partial charge in [-0.05, 0) is 25.7 Å². The molecule has 2 aliphatic rings. The largest absolute Gasteiger partial charge is 0.480 e. The third-order valence-corrected chi connectivity index (χ3v) is 3.69. The highest BCUT2D eigenvalue weighted by atomic mass is 16.4. The summed E-state index contributed by atoms with van der Waals surface area (Å²) in [5.74, 6) is -0.913. The van der Waals surface area contributed by atoms with Crippen LogP contribution in [0.3, 0.4) is 0 Å². The number of amides is 2. The van der Waals surface area contributed by atoms with Crippen molar-refractivity contribution in [2.45, 2.75) is 44.6 Å². The lowest BCUT2D eigenvalue weighted by Gasteiger charge is -2.31. The van der Waals surface area contributed by atoms with Gasteiger partial charge < -0.3 is 14.9 Å². The van der Waals surface area contributed by atoms with E-state index >= 15 is 0 Å². The molecule has 1 aliphatic heterocycles. The molecule has 1 saturated carbocycles. The summed E-state index contributed by atoms with van der Waals surface area (Å²) < 4.78 is 0. The fourth-order valence-corrected chi connectivity index (χ4v) is 2.80. The molecule has 2 rings (SSSR count). The van der Waals surface area contributed by atoms with E-state index in [-0.39, 0.29) is 18.6 Å². The van der Waals surface area contributed by atoms with Gasteiger partial charge in [0, 0.05) is 19.1 Å². The number of urea groups is 1. The van der Waals surface area contributed by atoms with E-state index in [4.69, 9.17) is 5.11 Å². The molecule has 0 aromatic rings. The molecule has 1 saturated heterocycles. The maximum atomic E-state index is 12.3. The number of rotatable bonds is 3. The van der Waals surface area contributed by atoms with Gasteiger partial charge in [0.15, 0.2) is 0 Å². The number of nitrogens with zero attached hydrogens (tertiary/aromatic N) is 2. The van der Waals surface area contributed by atoms with Crippen molar-refractivity contribution >= 4 is 12.0 Å². The topological polar surface area (TPSA) is 60.9 Å². The maximum Gasteiger partial charge on any atom is 0.323 e. The summed E-state index contributed by atoms with van der Waals surface area (Å²) in [7, 11) is 0. The minimum atomic E-state index is -0.913. The molecular formula is C12H20N2O3. The molecule has 0 radical (unpaired) electrons. The Labute approximate surface area is 101 Å². The van der Waals surface area contributed by atoms with Crippen LogP contribution in [-0.2, 0) is 4.79 Å². The summed E-state index contributed by atoms with van der Waals surface area (Å²) in [6, 6.07) is 0.0657. The maximum absolute atomic E-state index is 12.3. The van der Waals surface area contributed by atoms with Crippen LogP contribution in [0.1, 0.15) is 38.5 Å². The lowest BCUT2D eigenvalue weighted by Crippen LogP contribution is -2.48. The van der Waals surface area contributed by atoms with Crippen LogP contribution in [0.2, 0.25) is 0 Å². The van der Waals surface area contributed by atoms with Crippen LogP contribution >= 0.6 is 0 Å². The van der Waals surface area contributed by atoms with Crippen molar-refractivity contribution in [2.75, 3.05) is 19.6 Å². The number of hydrogen-bond donors (Lipinski definition) is 1. The zero-order valence-corrected chi connectivity index (χ0v) is 10.1. The second kappa shape index (κ2) is 5.38. The van der Waals surface area contributed by atoms with Gasteiger partial charge in [-0.3, -0.25) is 4.79 Å². The molecule has 0 unspecified atom stereocenters. The lowest BCUT2D eigenvalue weighted by atomic mass is 10.2. The number of carboxylic acid groups (broad SMARTS) is 1. The molecule has 96 valence electrons. The predicted molar refractivity (Wildman–Crippen MR) is 62.8 cm³/mol. The molecule has 17 heavy (non-hydrogen) atoms. The second-order valence-electron chi connectivity index (χ2n) is 4.94. The fraction of sp³-hybridized carbons (Fsp3) is 0.833. The number of carbonyl (C=O) groups is 2. The van der Waals surface area contributed by atoms with Gasteiger partial charge in [0.05, 0.1) is 0 Å². The van der Waals surface area contributed by atoms with Crippen molar-refractivity contribution in [3.05, 3.63) is 0 Å². The van der Waals surface area contributed by atoms with Crippen LogP contribution in [0, 0.1) is 0 Å². The molecule has 0 aromatic heterocycles. The third kappa shape index (κ3) is 2.90. The Bertz CT molecular complexity index is 294. The molecule has 5 heteroatoms. The first kappa shape index (κ1) is 12.2. The summed E-state index contributed by atoms with van der Waals surface area (Å²) >= 11 is 0. The van der Waals surface area contributed by atoms with Crippen LogP contribution in [0.5, 0.6) is 0 Å². The Hall–Kier alpha value is -1.26. The summed E-state index contributed by atoms with van der Waals surface area (Å²) in [6.45, 7) is 1.41. The van der Waals surface area contributed by atoms with Gasteiger partial charge in [-0.25, -0.2) is 4.79 Å². The standard InChI is InChI=1S/C12H20N2O3/c15-11(16)9-14(10-5-1-2-6-10)12(17)13-7-3-4-8-13/h10H,1-9H2,(H,15,16). The van der Waals surface area contributed by atoms with Gasteiger partial charge in [0.2, 0.25) is 0 Å².